The van der Waals surface area contributed by atoms with Crippen molar-refractivity contribution in [2.24, 2.45) is 5.92 Å². The van der Waals surface area contributed by atoms with Gasteiger partial charge in [-0.1, -0.05) is 18.3 Å². The van der Waals surface area contributed by atoms with Crippen LogP contribution in [-0.4, -0.2) is 54.6 Å². The summed E-state index contributed by atoms with van der Waals surface area (Å²) in [7, 11) is 0. The van der Waals surface area contributed by atoms with Crippen LogP contribution in [0.3, 0.4) is 0 Å². The topological polar surface area (TPSA) is 77.8 Å². The fourth-order valence-corrected chi connectivity index (χ4v) is 4.77. The van der Waals surface area contributed by atoms with Gasteiger partial charge >= 0.3 is 5.97 Å². The van der Waals surface area contributed by atoms with Crippen molar-refractivity contribution in [2.45, 2.75) is 36.1 Å². The first-order valence-electron chi connectivity index (χ1n) is 5.92. The van der Waals surface area contributed by atoms with Crippen LogP contribution in [0, 0.1) is 5.92 Å². The molecular weight excluding hydrogens is 286 g/mol. The summed E-state index contributed by atoms with van der Waals surface area (Å²) in [4.78, 5) is 25.2. The molecule has 4 unspecified atom stereocenters. The molecule has 2 fully saturated rings. The Balaban J connectivity index is 2.24. The van der Waals surface area contributed by atoms with E-state index < -0.39 is 29.3 Å². The summed E-state index contributed by atoms with van der Waals surface area (Å²) in [6, 6.07) is -0.926. The predicted octanol–water partition coefficient (Wildman–Crippen LogP) is 0.666. The molecule has 5 atom stereocenters. The van der Waals surface area contributed by atoms with Crippen LogP contribution in [0.2, 0.25) is 0 Å². The highest BCUT2D eigenvalue weighted by molar-refractivity contribution is 8.02. The molecule has 7 heteroatoms. The van der Waals surface area contributed by atoms with Gasteiger partial charge in [0.15, 0.2) is 0 Å². The highest BCUT2D eigenvalue weighted by Gasteiger charge is 2.62. The molecule has 5 nitrogen and oxygen atoms in total. The van der Waals surface area contributed by atoms with Crippen LogP contribution < -0.4 is 0 Å². The molecule has 2 N–H and O–H groups in total. The van der Waals surface area contributed by atoms with Gasteiger partial charge in [-0.3, -0.25) is 4.79 Å². The maximum atomic E-state index is 12.0. The van der Waals surface area contributed by atoms with Crippen molar-refractivity contribution in [3.63, 3.8) is 0 Å². The number of β-lactam (4-membered cyclic amide) rings is 1. The first-order valence-corrected chi connectivity index (χ1v) is 7.27. The third-order valence-corrected chi connectivity index (χ3v) is 5.63. The predicted molar refractivity (Wildman–Crippen MR) is 76.0 cm³/mol. The van der Waals surface area contributed by atoms with Gasteiger partial charge in [-0.2, -0.15) is 0 Å². The van der Waals surface area contributed by atoms with Crippen molar-refractivity contribution in [3.8, 4) is 0 Å². The van der Waals surface area contributed by atoms with Crippen LogP contribution >= 0.6 is 24.0 Å². The molecule has 0 bridgehead atoms. The van der Waals surface area contributed by atoms with Crippen molar-refractivity contribution in [2.75, 3.05) is 0 Å². The number of rotatable bonds is 5. The molecule has 0 radical (unpaired) electrons. The first kappa shape index (κ1) is 14.5. The smallest absolute Gasteiger partial charge is 0.328 e. The van der Waals surface area contributed by atoms with Crippen molar-refractivity contribution < 1.29 is 19.8 Å². The Bertz CT molecular complexity index is 451. The Hall–Kier alpha value is -0.920. The molecule has 2 heterocycles. The van der Waals surface area contributed by atoms with E-state index in [1.807, 2.05) is 0 Å². The number of thiocarbonyl (C=S) groups is 1. The molecule has 0 aromatic carbocycles. The standard InChI is InChI=1S/C12H15NO4S2/c1-3-4-6(18)9-8(12(16)17)13-10(15)7(5(2)14)11(13)19-9/h3,5,7-9,11,14H,1,4H2,2H3,(H,16,17)/t5?,7?,8?,9?,11-/m1/s1. The molecule has 2 aliphatic rings. The van der Waals surface area contributed by atoms with E-state index in [2.05, 4.69) is 6.58 Å². The second-order valence-electron chi connectivity index (χ2n) is 4.70. The summed E-state index contributed by atoms with van der Waals surface area (Å²) in [5, 5.41) is 18.2. The van der Waals surface area contributed by atoms with Gasteiger partial charge in [0, 0.05) is 4.86 Å². The number of carbonyl (C=O) groups is 2. The lowest BCUT2D eigenvalue weighted by Crippen LogP contribution is -2.64. The zero-order chi connectivity index (χ0) is 14.3. The maximum Gasteiger partial charge on any atom is 0.328 e. The molecule has 0 saturated carbocycles. The summed E-state index contributed by atoms with van der Waals surface area (Å²) in [6.45, 7) is 5.14. The van der Waals surface area contributed by atoms with Gasteiger partial charge in [-0.15, -0.1) is 18.3 Å². The molecule has 2 saturated heterocycles. The van der Waals surface area contributed by atoms with Gasteiger partial charge in [0.05, 0.1) is 22.6 Å². The largest absolute Gasteiger partial charge is 0.480 e. The fraction of sp³-hybridized carbons (Fsp3) is 0.583. The lowest BCUT2D eigenvalue weighted by atomic mass is 9.90. The van der Waals surface area contributed by atoms with Gasteiger partial charge in [0.1, 0.15) is 6.04 Å². The SMILES string of the molecule is C=CCC(=S)C1S[C@@H]2C(C(C)O)C(=O)N2C1C(=O)O. The third kappa shape index (κ3) is 2.19. The van der Waals surface area contributed by atoms with Crippen LogP contribution in [0.1, 0.15) is 13.3 Å². The van der Waals surface area contributed by atoms with E-state index in [0.29, 0.717) is 11.3 Å². The third-order valence-electron chi connectivity index (χ3n) is 3.43. The summed E-state index contributed by atoms with van der Waals surface area (Å²) in [6.07, 6.45) is 1.30. The number of allylic oxidation sites excluding steroid dienone is 1. The van der Waals surface area contributed by atoms with Crippen molar-refractivity contribution in [1.82, 2.24) is 4.90 Å². The zero-order valence-electron chi connectivity index (χ0n) is 10.4. The number of amides is 1. The van der Waals surface area contributed by atoms with Crippen LogP contribution in [0.25, 0.3) is 0 Å². The highest BCUT2D eigenvalue weighted by atomic mass is 32.2. The lowest BCUT2D eigenvalue weighted by molar-refractivity contribution is -0.166. The Labute approximate surface area is 120 Å². The molecular formula is C12H15NO4S2. The number of hydrogen-bond donors (Lipinski definition) is 2. The molecule has 104 valence electrons. The molecule has 0 aromatic heterocycles. The van der Waals surface area contributed by atoms with Gasteiger partial charge in [-0.25, -0.2) is 4.79 Å². The first-order chi connectivity index (χ1) is 8.90. The van der Waals surface area contributed by atoms with Crippen LogP contribution in [0.4, 0.5) is 0 Å². The number of aliphatic hydroxyl groups is 1. The molecule has 1 amide bonds. The second kappa shape index (κ2) is 5.22. The average Bonchev–Trinajstić information content (AvgIpc) is 2.64. The van der Waals surface area contributed by atoms with Gasteiger partial charge in [0.2, 0.25) is 5.91 Å². The Morgan fingerprint density at radius 1 is 1.68 bits per heavy atom. The van der Waals surface area contributed by atoms with E-state index >= 15 is 0 Å². The number of carboxylic acids is 1. The van der Waals surface area contributed by atoms with E-state index in [0.717, 1.165) is 0 Å². The number of carboxylic acid groups (broad SMARTS) is 1. The minimum absolute atomic E-state index is 0.290. The Morgan fingerprint density at radius 3 is 2.79 bits per heavy atom. The van der Waals surface area contributed by atoms with E-state index in [-0.39, 0.29) is 11.3 Å². The van der Waals surface area contributed by atoms with E-state index in [1.165, 1.54) is 16.7 Å². The fourth-order valence-electron chi connectivity index (χ4n) is 2.53. The molecule has 0 aliphatic carbocycles. The molecule has 0 spiro atoms. The minimum atomic E-state index is -1.05. The average molecular weight is 301 g/mol. The van der Waals surface area contributed by atoms with Crippen LogP contribution in [0.5, 0.6) is 0 Å². The normalized spacial score (nSPS) is 34.4. The van der Waals surface area contributed by atoms with Crippen molar-refractivity contribution >= 4 is 40.7 Å². The van der Waals surface area contributed by atoms with E-state index in [4.69, 9.17) is 12.2 Å². The van der Waals surface area contributed by atoms with Crippen LogP contribution in [-0.2, 0) is 9.59 Å². The molecule has 2 rings (SSSR count). The number of aliphatic hydroxyl groups excluding tert-OH is 1. The number of fused-ring (bicyclic) bond motifs is 1. The van der Waals surface area contributed by atoms with Crippen LogP contribution in [0.15, 0.2) is 12.7 Å². The number of nitrogens with zero attached hydrogens (tertiary/aromatic N) is 1. The Kier molecular flexibility index (Phi) is 3.98. The maximum absolute atomic E-state index is 12.0. The van der Waals surface area contributed by atoms with Crippen molar-refractivity contribution in [3.05, 3.63) is 12.7 Å². The highest BCUT2D eigenvalue weighted by Crippen LogP contribution is 2.49. The molecule has 19 heavy (non-hydrogen) atoms. The minimum Gasteiger partial charge on any atom is -0.480 e. The molecule has 0 aromatic rings. The summed E-state index contributed by atoms with van der Waals surface area (Å²) in [5.41, 5.74) is 0. The van der Waals surface area contributed by atoms with E-state index in [9.17, 15) is 19.8 Å². The van der Waals surface area contributed by atoms with Gasteiger partial charge < -0.3 is 15.1 Å². The number of carbonyl (C=O) groups excluding carboxylic acids is 1. The number of thioether (sulfide) groups is 1. The Morgan fingerprint density at radius 2 is 2.32 bits per heavy atom. The summed E-state index contributed by atoms with van der Waals surface area (Å²) in [5.74, 6) is -1.88. The van der Waals surface area contributed by atoms with Crippen molar-refractivity contribution in [1.29, 1.82) is 0 Å². The summed E-state index contributed by atoms with van der Waals surface area (Å²) >= 11 is 6.59. The number of hydrogen-bond acceptors (Lipinski definition) is 5. The zero-order valence-corrected chi connectivity index (χ0v) is 12.0. The molecule has 2 aliphatic heterocycles. The van der Waals surface area contributed by atoms with Gasteiger partial charge in [0.25, 0.3) is 0 Å². The monoisotopic (exact) mass is 301 g/mol. The quantitative estimate of drug-likeness (QED) is 0.441. The summed E-state index contributed by atoms with van der Waals surface area (Å²) < 4.78 is 0. The van der Waals surface area contributed by atoms with Gasteiger partial charge in [-0.05, 0) is 13.3 Å². The lowest BCUT2D eigenvalue weighted by Gasteiger charge is -2.44. The van der Waals surface area contributed by atoms with E-state index in [1.54, 1.807) is 13.0 Å². The second-order valence-corrected chi connectivity index (χ2v) is 6.49. The number of aliphatic carboxylic acids is 1.